The van der Waals surface area contributed by atoms with E-state index in [1.165, 1.54) is 36.5 Å². The second kappa shape index (κ2) is 13.3. The molecule has 1 unspecified atom stereocenters. The highest BCUT2D eigenvalue weighted by atomic mass is 32.2. The fourth-order valence-corrected chi connectivity index (χ4v) is 8.81. The summed E-state index contributed by atoms with van der Waals surface area (Å²) in [7, 11) is -4.44. The molecule has 1 atom stereocenters. The van der Waals surface area contributed by atoms with Gasteiger partial charge in [-0.2, -0.15) is 9.57 Å². The molecule has 1 aromatic heterocycles. The van der Waals surface area contributed by atoms with E-state index in [1.807, 2.05) is 0 Å². The van der Waals surface area contributed by atoms with Gasteiger partial charge in [0.1, 0.15) is 0 Å². The zero-order chi connectivity index (χ0) is 33.2. The van der Waals surface area contributed by atoms with Crippen LogP contribution in [-0.4, -0.2) is 74.5 Å². The Bertz CT molecular complexity index is 1780. The number of carbonyl (C=O) groups is 2. The molecule has 2 fully saturated rings. The molecule has 3 aliphatic heterocycles. The van der Waals surface area contributed by atoms with Crippen molar-refractivity contribution in [1.82, 2.24) is 20.1 Å². The standard InChI is InChI=1S/C35H40N6O5S/c1-3-39-19-14-26(15-20-39)27-16-21-40(22-17-27)34(43)38-35(29-11-8-18-37-32(29)46-4-2)30-23-25(24-36)12-13-31(30)41(33(35)42)47(44,45)28-9-6-5-7-10-28/h5-13,18,23,26-27H,3-4,14-17,19-22H2,1-2H3,(H,38,43). The Morgan fingerprint density at radius 3 is 2.30 bits per heavy atom. The Morgan fingerprint density at radius 2 is 1.66 bits per heavy atom. The lowest BCUT2D eigenvalue weighted by Crippen LogP contribution is -2.58. The number of likely N-dealkylation sites (tertiary alicyclic amines) is 2. The van der Waals surface area contributed by atoms with Crippen molar-refractivity contribution in [1.29, 1.82) is 5.26 Å². The van der Waals surface area contributed by atoms with Crippen molar-refractivity contribution in [3.8, 4) is 11.9 Å². The predicted molar refractivity (Wildman–Crippen MR) is 176 cm³/mol. The number of rotatable bonds is 8. The lowest BCUT2D eigenvalue weighted by molar-refractivity contribution is -0.121. The number of nitrogens with zero attached hydrogens (tertiary/aromatic N) is 5. The van der Waals surface area contributed by atoms with E-state index in [9.17, 15) is 23.3 Å². The summed E-state index contributed by atoms with van der Waals surface area (Å²) in [4.78, 5) is 37.7. The van der Waals surface area contributed by atoms with Crippen LogP contribution in [-0.2, 0) is 20.4 Å². The molecule has 2 saturated heterocycles. The minimum absolute atomic E-state index is 0.0431. The Balaban J connectivity index is 1.40. The summed E-state index contributed by atoms with van der Waals surface area (Å²) in [5, 5.41) is 12.9. The molecule has 0 bridgehead atoms. The average Bonchev–Trinajstić information content (AvgIpc) is 3.36. The Labute approximate surface area is 276 Å². The summed E-state index contributed by atoms with van der Waals surface area (Å²) >= 11 is 0. The highest BCUT2D eigenvalue weighted by Crippen LogP contribution is 2.49. The third-order valence-corrected chi connectivity index (χ3v) is 11.6. The van der Waals surface area contributed by atoms with Crippen LogP contribution >= 0.6 is 0 Å². The molecule has 47 heavy (non-hydrogen) atoms. The molecule has 0 saturated carbocycles. The van der Waals surface area contributed by atoms with Crippen molar-refractivity contribution in [2.75, 3.05) is 43.6 Å². The molecule has 3 amide bonds. The quantitative estimate of drug-likeness (QED) is 0.375. The maximum atomic E-state index is 14.9. The van der Waals surface area contributed by atoms with Gasteiger partial charge in [-0.3, -0.25) is 4.79 Å². The number of anilines is 1. The van der Waals surface area contributed by atoms with E-state index in [0.717, 1.165) is 49.6 Å². The fourth-order valence-electron chi connectivity index (χ4n) is 7.33. The number of piperidine rings is 2. The van der Waals surface area contributed by atoms with Gasteiger partial charge in [0.15, 0.2) is 5.54 Å². The second-order valence-electron chi connectivity index (χ2n) is 12.3. The van der Waals surface area contributed by atoms with Crippen molar-refractivity contribution in [2.45, 2.75) is 50.0 Å². The summed E-state index contributed by atoms with van der Waals surface area (Å²) in [6, 6.07) is 16.8. The van der Waals surface area contributed by atoms with Crippen LogP contribution in [0.3, 0.4) is 0 Å². The van der Waals surface area contributed by atoms with Gasteiger partial charge in [-0.25, -0.2) is 18.2 Å². The fraction of sp³-hybridized carbons (Fsp3) is 0.429. The van der Waals surface area contributed by atoms with Crippen LogP contribution in [0.15, 0.2) is 71.8 Å². The lowest BCUT2D eigenvalue weighted by atomic mass is 9.79. The number of ether oxygens (including phenoxy) is 1. The van der Waals surface area contributed by atoms with Crippen LogP contribution in [0.5, 0.6) is 5.88 Å². The number of benzene rings is 2. The highest BCUT2D eigenvalue weighted by molar-refractivity contribution is 7.93. The van der Waals surface area contributed by atoms with E-state index in [0.29, 0.717) is 24.9 Å². The summed E-state index contributed by atoms with van der Waals surface area (Å²) in [6.07, 6.45) is 5.53. The summed E-state index contributed by atoms with van der Waals surface area (Å²) in [5.41, 5.74) is -1.47. The molecule has 0 aliphatic carbocycles. The Kier molecular flexibility index (Phi) is 9.21. The molecule has 4 heterocycles. The van der Waals surface area contributed by atoms with E-state index >= 15 is 0 Å². The topological polar surface area (TPSA) is 136 Å². The van der Waals surface area contributed by atoms with Gasteiger partial charge in [0.25, 0.3) is 15.9 Å². The molecule has 246 valence electrons. The maximum Gasteiger partial charge on any atom is 0.318 e. The zero-order valence-electron chi connectivity index (χ0n) is 26.8. The van der Waals surface area contributed by atoms with Crippen LogP contribution in [0, 0.1) is 23.2 Å². The molecular formula is C35H40N6O5S. The molecule has 11 nitrogen and oxygen atoms in total. The van der Waals surface area contributed by atoms with Crippen LogP contribution in [0.2, 0.25) is 0 Å². The van der Waals surface area contributed by atoms with E-state index in [-0.39, 0.29) is 39.8 Å². The summed E-state index contributed by atoms with van der Waals surface area (Å²) in [6.45, 7) is 8.47. The van der Waals surface area contributed by atoms with Gasteiger partial charge in [-0.1, -0.05) is 25.1 Å². The van der Waals surface area contributed by atoms with Crippen molar-refractivity contribution < 1.29 is 22.7 Å². The van der Waals surface area contributed by atoms with E-state index < -0.39 is 27.5 Å². The highest BCUT2D eigenvalue weighted by Gasteiger charge is 2.59. The SMILES string of the molecule is CCOc1ncccc1C1(NC(=O)N2CCC(C3CCN(CC)CC3)CC2)C(=O)N(S(=O)(=O)c2ccccc2)c2ccc(C#N)cc21. The van der Waals surface area contributed by atoms with Crippen molar-refractivity contribution in [3.63, 3.8) is 0 Å². The number of nitriles is 1. The first-order chi connectivity index (χ1) is 22.7. The van der Waals surface area contributed by atoms with Gasteiger partial charge in [-0.05, 0) is 107 Å². The lowest BCUT2D eigenvalue weighted by Gasteiger charge is -2.41. The number of hydrogen-bond acceptors (Lipinski definition) is 8. The van der Waals surface area contributed by atoms with Gasteiger partial charge >= 0.3 is 6.03 Å². The Hall–Kier alpha value is -4.47. The average molecular weight is 657 g/mol. The van der Waals surface area contributed by atoms with E-state index in [2.05, 4.69) is 28.2 Å². The van der Waals surface area contributed by atoms with Crippen LogP contribution in [0.25, 0.3) is 0 Å². The molecule has 3 aromatic rings. The van der Waals surface area contributed by atoms with Gasteiger partial charge in [0, 0.05) is 24.8 Å². The van der Waals surface area contributed by atoms with Crippen LogP contribution in [0.1, 0.15) is 56.2 Å². The van der Waals surface area contributed by atoms with Crippen molar-refractivity contribution in [2.24, 2.45) is 11.8 Å². The van der Waals surface area contributed by atoms with Crippen molar-refractivity contribution in [3.05, 3.63) is 83.6 Å². The molecule has 2 aromatic carbocycles. The number of amides is 3. The minimum Gasteiger partial charge on any atom is -0.478 e. The van der Waals surface area contributed by atoms with Gasteiger partial charge in [-0.15, -0.1) is 0 Å². The van der Waals surface area contributed by atoms with Crippen LogP contribution < -0.4 is 14.4 Å². The molecular weight excluding hydrogens is 616 g/mol. The first kappa shape index (κ1) is 32.5. The molecule has 12 heteroatoms. The second-order valence-corrected chi connectivity index (χ2v) is 14.1. The number of urea groups is 1. The molecule has 0 spiro atoms. The third-order valence-electron chi connectivity index (χ3n) is 9.86. The first-order valence-electron chi connectivity index (χ1n) is 16.3. The van der Waals surface area contributed by atoms with E-state index in [1.54, 1.807) is 42.2 Å². The van der Waals surface area contributed by atoms with Gasteiger partial charge in [0.05, 0.1) is 34.4 Å². The van der Waals surface area contributed by atoms with Gasteiger partial charge in [0.2, 0.25) is 5.88 Å². The largest absolute Gasteiger partial charge is 0.478 e. The number of aromatic nitrogens is 1. The minimum atomic E-state index is -4.44. The number of nitrogens with one attached hydrogen (secondary N) is 1. The molecule has 1 N–H and O–H groups in total. The first-order valence-corrected chi connectivity index (χ1v) is 17.8. The normalized spacial score (nSPS) is 20.9. The van der Waals surface area contributed by atoms with Gasteiger partial charge < -0.3 is 19.9 Å². The molecule has 3 aliphatic rings. The number of carbonyl (C=O) groups excluding carboxylic acids is 2. The third kappa shape index (κ3) is 5.83. The summed E-state index contributed by atoms with van der Waals surface area (Å²) < 4.78 is 34.9. The smallest absolute Gasteiger partial charge is 0.318 e. The number of pyridine rings is 1. The van der Waals surface area contributed by atoms with E-state index in [4.69, 9.17) is 4.74 Å². The van der Waals surface area contributed by atoms with Crippen molar-refractivity contribution >= 4 is 27.6 Å². The van der Waals surface area contributed by atoms with Crippen LogP contribution in [0.4, 0.5) is 10.5 Å². The zero-order valence-corrected chi connectivity index (χ0v) is 27.6. The number of sulfonamides is 1. The molecule has 6 rings (SSSR count). The maximum absolute atomic E-state index is 14.9. The number of fused-ring (bicyclic) bond motifs is 1. The Morgan fingerprint density at radius 1 is 0.979 bits per heavy atom. The molecule has 0 radical (unpaired) electrons. The predicted octanol–water partition coefficient (Wildman–Crippen LogP) is 4.48. The monoisotopic (exact) mass is 656 g/mol. The number of hydrogen-bond donors (Lipinski definition) is 1. The summed E-state index contributed by atoms with van der Waals surface area (Å²) in [5.74, 6) is 0.315.